The van der Waals surface area contributed by atoms with E-state index in [-0.39, 0.29) is 5.69 Å². The van der Waals surface area contributed by atoms with Crippen LogP contribution in [0.15, 0.2) is 30.5 Å². The third-order valence-corrected chi connectivity index (χ3v) is 2.66. The molecule has 1 aromatic heterocycles. The lowest BCUT2D eigenvalue weighted by Gasteiger charge is -2.13. The van der Waals surface area contributed by atoms with Crippen molar-refractivity contribution in [3.05, 3.63) is 51.8 Å². The van der Waals surface area contributed by atoms with Crippen molar-refractivity contribution in [1.82, 2.24) is 15.0 Å². The Morgan fingerprint density at radius 1 is 1.47 bits per heavy atom. The molecule has 0 atom stereocenters. The van der Waals surface area contributed by atoms with E-state index in [1.807, 2.05) is 19.9 Å². The summed E-state index contributed by atoms with van der Waals surface area (Å²) in [6.45, 7) is 4.11. The average Bonchev–Trinajstić information content (AvgIpc) is 2.77. The summed E-state index contributed by atoms with van der Waals surface area (Å²) >= 11 is 0. The number of hydrogen-bond acceptors (Lipinski definition) is 5. The normalized spacial score (nSPS) is 11.5. The van der Waals surface area contributed by atoms with Crippen molar-refractivity contribution in [1.29, 1.82) is 0 Å². The van der Waals surface area contributed by atoms with Crippen molar-refractivity contribution in [2.75, 3.05) is 0 Å². The summed E-state index contributed by atoms with van der Waals surface area (Å²) in [5, 5.41) is 18.7. The third kappa shape index (κ3) is 3.14. The van der Waals surface area contributed by atoms with Crippen LogP contribution in [-0.2, 0) is 12.1 Å². The summed E-state index contributed by atoms with van der Waals surface area (Å²) in [5.41, 5.74) is 6.90. The van der Waals surface area contributed by atoms with Crippen molar-refractivity contribution < 1.29 is 4.92 Å². The molecular formula is C12H15N5O2. The topological polar surface area (TPSA) is 99.9 Å². The number of nitrogens with two attached hydrogens (primary N) is 1. The van der Waals surface area contributed by atoms with Gasteiger partial charge in [0.15, 0.2) is 0 Å². The first-order valence-electron chi connectivity index (χ1n) is 5.79. The van der Waals surface area contributed by atoms with Gasteiger partial charge >= 0.3 is 0 Å². The van der Waals surface area contributed by atoms with Crippen molar-refractivity contribution in [3.8, 4) is 0 Å². The van der Waals surface area contributed by atoms with E-state index in [1.165, 1.54) is 12.1 Å². The van der Waals surface area contributed by atoms with Crippen LogP contribution in [0.2, 0.25) is 0 Å². The Morgan fingerprint density at radius 2 is 2.21 bits per heavy atom. The zero-order chi connectivity index (χ0) is 14.0. The Labute approximate surface area is 110 Å². The standard InChI is InChI=1S/C12H15N5O2/c1-12(2,13)11-8-16(15-14-11)7-9-4-3-5-10(6-9)17(18)19/h3-6,8H,7,13H2,1-2H3. The molecule has 2 N–H and O–H groups in total. The van der Waals surface area contributed by atoms with Crippen molar-refractivity contribution in [2.45, 2.75) is 25.9 Å². The van der Waals surface area contributed by atoms with Crippen LogP contribution in [0.5, 0.6) is 0 Å². The molecule has 0 saturated heterocycles. The minimum absolute atomic E-state index is 0.0667. The van der Waals surface area contributed by atoms with Crippen LogP contribution in [0, 0.1) is 10.1 Å². The van der Waals surface area contributed by atoms with Gasteiger partial charge in [-0.15, -0.1) is 5.10 Å². The highest BCUT2D eigenvalue weighted by molar-refractivity contribution is 5.34. The van der Waals surface area contributed by atoms with Crippen molar-refractivity contribution >= 4 is 5.69 Å². The van der Waals surface area contributed by atoms with E-state index in [0.717, 1.165) is 5.56 Å². The van der Waals surface area contributed by atoms with E-state index in [9.17, 15) is 10.1 Å². The minimum Gasteiger partial charge on any atom is -0.320 e. The molecule has 7 heteroatoms. The van der Waals surface area contributed by atoms with Gasteiger partial charge in [-0.25, -0.2) is 4.68 Å². The number of non-ortho nitro benzene ring substituents is 1. The van der Waals surface area contributed by atoms with Gasteiger partial charge in [-0.1, -0.05) is 17.3 Å². The van der Waals surface area contributed by atoms with Crippen LogP contribution in [0.3, 0.4) is 0 Å². The highest BCUT2D eigenvalue weighted by Crippen LogP contribution is 2.16. The molecule has 0 saturated carbocycles. The molecule has 2 rings (SSSR count). The first-order valence-corrected chi connectivity index (χ1v) is 5.79. The maximum atomic E-state index is 10.7. The number of nitro benzene ring substituents is 1. The molecule has 100 valence electrons. The van der Waals surface area contributed by atoms with Crippen LogP contribution >= 0.6 is 0 Å². The van der Waals surface area contributed by atoms with Crippen LogP contribution in [0.1, 0.15) is 25.1 Å². The van der Waals surface area contributed by atoms with E-state index in [0.29, 0.717) is 12.2 Å². The molecule has 0 amide bonds. The lowest BCUT2D eigenvalue weighted by Crippen LogP contribution is -2.29. The zero-order valence-corrected chi connectivity index (χ0v) is 10.8. The quantitative estimate of drug-likeness (QED) is 0.662. The average molecular weight is 261 g/mol. The number of rotatable bonds is 4. The Morgan fingerprint density at radius 3 is 2.79 bits per heavy atom. The number of aromatic nitrogens is 3. The lowest BCUT2D eigenvalue weighted by molar-refractivity contribution is -0.384. The SMILES string of the molecule is CC(C)(N)c1cn(Cc2cccc([N+](=O)[O-])c2)nn1. The van der Waals surface area contributed by atoms with Gasteiger partial charge in [0.2, 0.25) is 0 Å². The molecule has 0 aliphatic carbocycles. The largest absolute Gasteiger partial charge is 0.320 e. The molecule has 0 aliphatic rings. The first kappa shape index (κ1) is 13.2. The molecule has 0 unspecified atom stereocenters. The Kier molecular flexibility index (Phi) is 3.30. The summed E-state index contributed by atoms with van der Waals surface area (Å²) in [7, 11) is 0. The Bertz CT molecular complexity index is 600. The van der Waals surface area contributed by atoms with Gasteiger partial charge in [0.1, 0.15) is 5.69 Å². The monoisotopic (exact) mass is 261 g/mol. The molecule has 0 radical (unpaired) electrons. The molecule has 7 nitrogen and oxygen atoms in total. The number of hydrogen-bond donors (Lipinski definition) is 1. The van der Waals surface area contributed by atoms with Crippen molar-refractivity contribution in [3.63, 3.8) is 0 Å². The second-order valence-electron chi connectivity index (χ2n) is 4.95. The fraction of sp³-hybridized carbons (Fsp3) is 0.333. The predicted octanol–water partition coefficient (Wildman–Crippen LogP) is 1.43. The fourth-order valence-electron chi connectivity index (χ4n) is 1.63. The van der Waals surface area contributed by atoms with Crippen LogP contribution in [-0.4, -0.2) is 19.9 Å². The van der Waals surface area contributed by atoms with E-state index in [1.54, 1.807) is 16.9 Å². The molecular weight excluding hydrogens is 246 g/mol. The summed E-state index contributed by atoms with van der Waals surface area (Å²) in [5.74, 6) is 0. The van der Waals surface area contributed by atoms with E-state index < -0.39 is 10.5 Å². The van der Waals surface area contributed by atoms with Gasteiger partial charge < -0.3 is 5.73 Å². The minimum atomic E-state index is -0.555. The number of benzene rings is 1. The maximum absolute atomic E-state index is 10.7. The molecule has 19 heavy (non-hydrogen) atoms. The zero-order valence-electron chi connectivity index (χ0n) is 10.8. The van der Waals surface area contributed by atoms with Gasteiger partial charge in [-0.3, -0.25) is 10.1 Å². The van der Waals surface area contributed by atoms with Gasteiger partial charge in [0.05, 0.1) is 23.2 Å². The van der Waals surface area contributed by atoms with Gasteiger partial charge in [0.25, 0.3) is 5.69 Å². The lowest BCUT2D eigenvalue weighted by atomic mass is 10.0. The van der Waals surface area contributed by atoms with Crippen LogP contribution in [0.25, 0.3) is 0 Å². The molecule has 0 bridgehead atoms. The summed E-state index contributed by atoms with van der Waals surface area (Å²) in [6.07, 6.45) is 1.75. The third-order valence-electron chi connectivity index (χ3n) is 2.66. The summed E-state index contributed by atoms with van der Waals surface area (Å²) in [6, 6.07) is 6.44. The highest BCUT2D eigenvalue weighted by Gasteiger charge is 2.18. The highest BCUT2D eigenvalue weighted by atomic mass is 16.6. The van der Waals surface area contributed by atoms with Gasteiger partial charge in [0, 0.05) is 12.1 Å². The molecule has 1 aromatic carbocycles. The molecule has 1 heterocycles. The summed E-state index contributed by atoms with van der Waals surface area (Å²) < 4.78 is 1.61. The molecule has 2 aromatic rings. The molecule has 0 aliphatic heterocycles. The maximum Gasteiger partial charge on any atom is 0.269 e. The second-order valence-corrected chi connectivity index (χ2v) is 4.95. The summed E-state index contributed by atoms with van der Waals surface area (Å²) in [4.78, 5) is 10.3. The van der Waals surface area contributed by atoms with Gasteiger partial charge in [-0.05, 0) is 19.4 Å². The molecule has 0 fully saturated rings. The van der Waals surface area contributed by atoms with Crippen molar-refractivity contribution in [2.24, 2.45) is 5.73 Å². The van der Waals surface area contributed by atoms with Gasteiger partial charge in [-0.2, -0.15) is 0 Å². The smallest absolute Gasteiger partial charge is 0.269 e. The Balaban J connectivity index is 2.19. The van der Waals surface area contributed by atoms with Crippen LogP contribution in [0.4, 0.5) is 5.69 Å². The van der Waals surface area contributed by atoms with E-state index in [4.69, 9.17) is 5.73 Å². The van der Waals surface area contributed by atoms with Crippen LogP contribution < -0.4 is 5.73 Å². The molecule has 0 spiro atoms. The number of nitro groups is 1. The number of nitrogens with zero attached hydrogens (tertiary/aromatic N) is 4. The second kappa shape index (κ2) is 4.77. The van der Waals surface area contributed by atoms with E-state index >= 15 is 0 Å². The predicted molar refractivity (Wildman–Crippen MR) is 69.4 cm³/mol. The first-order chi connectivity index (χ1) is 8.86. The Hall–Kier alpha value is -2.28. The fourth-order valence-corrected chi connectivity index (χ4v) is 1.63. The van der Waals surface area contributed by atoms with E-state index in [2.05, 4.69) is 10.3 Å².